The van der Waals surface area contributed by atoms with Crippen LogP contribution >= 0.6 is 0 Å². The van der Waals surface area contributed by atoms with Gasteiger partial charge in [-0.05, 0) is 59.7 Å². The number of hydrogen-bond donors (Lipinski definition) is 4. The molecule has 0 amide bonds. The molecule has 2 heterocycles. The van der Waals surface area contributed by atoms with Crippen LogP contribution in [0.15, 0.2) is 66.7 Å². The van der Waals surface area contributed by atoms with Crippen molar-refractivity contribution in [2.75, 3.05) is 35.2 Å². The lowest BCUT2D eigenvalue weighted by Crippen LogP contribution is -2.40. The van der Waals surface area contributed by atoms with Gasteiger partial charge in [0.05, 0.1) is 0 Å². The molecular formula is C28H33N7O. The maximum Gasteiger partial charge on any atom is 0.231 e. The smallest absolute Gasteiger partial charge is 0.231 e. The van der Waals surface area contributed by atoms with E-state index in [0.717, 1.165) is 45.3 Å². The van der Waals surface area contributed by atoms with Gasteiger partial charge in [0.2, 0.25) is 17.8 Å². The minimum absolute atomic E-state index is 0.240. The summed E-state index contributed by atoms with van der Waals surface area (Å²) in [6.07, 6.45) is 3.68. The quantitative estimate of drug-likeness (QED) is 0.261. The summed E-state index contributed by atoms with van der Waals surface area (Å²) in [7, 11) is 0. The van der Waals surface area contributed by atoms with Gasteiger partial charge in [-0.25, -0.2) is 0 Å². The monoisotopic (exact) mass is 483 g/mol. The van der Waals surface area contributed by atoms with Crippen molar-refractivity contribution in [3.63, 3.8) is 0 Å². The van der Waals surface area contributed by atoms with Gasteiger partial charge in [0, 0.05) is 32.2 Å². The number of benzene rings is 3. The SMILES string of the molecule is NC1CCN(c2nc(NCCCc3ccc(O)cc3)nc(NCc3cccc4ccccc34)n2)CC1. The molecule has 0 atom stereocenters. The fourth-order valence-corrected chi connectivity index (χ4v) is 4.54. The maximum atomic E-state index is 9.47. The molecule has 1 saturated heterocycles. The highest BCUT2D eigenvalue weighted by atomic mass is 16.3. The minimum atomic E-state index is 0.240. The number of phenols is 1. The zero-order chi connectivity index (χ0) is 24.7. The Morgan fingerprint density at radius 3 is 2.39 bits per heavy atom. The summed E-state index contributed by atoms with van der Waals surface area (Å²) in [6.45, 7) is 3.04. The van der Waals surface area contributed by atoms with E-state index in [2.05, 4.69) is 63.0 Å². The van der Waals surface area contributed by atoms with Crippen molar-refractivity contribution in [2.24, 2.45) is 5.73 Å². The van der Waals surface area contributed by atoms with Gasteiger partial charge in [0.25, 0.3) is 0 Å². The van der Waals surface area contributed by atoms with E-state index in [9.17, 15) is 5.11 Å². The third kappa shape index (κ3) is 6.01. The molecule has 36 heavy (non-hydrogen) atoms. The summed E-state index contributed by atoms with van der Waals surface area (Å²) in [5.41, 5.74) is 8.50. The lowest BCUT2D eigenvalue weighted by molar-refractivity contribution is 0.475. The molecule has 5 N–H and O–H groups in total. The largest absolute Gasteiger partial charge is 0.508 e. The van der Waals surface area contributed by atoms with Crippen molar-refractivity contribution in [1.29, 1.82) is 0 Å². The third-order valence-corrected chi connectivity index (χ3v) is 6.62. The Labute approximate surface area is 211 Å². The predicted molar refractivity (Wildman–Crippen MR) is 145 cm³/mol. The van der Waals surface area contributed by atoms with Crippen LogP contribution in [0.3, 0.4) is 0 Å². The maximum absolute atomic E-state index is 9.47. The molecule has 1 aromatic heterocycles. The normalized spacial score (nSPS) is 14.2. The molecule has 0 bridgehead atoms. The molecule has 3 aromatic carbocycles. The van der Waals surface area contributed by atoms with E-state index in [1.54, 1.807) is 12.1 Å². The Morgan fingerprint density at radius 1 is 0.861 bits per heavy atom. The molecule has 8 nitrogen and oxygen atoms in total. The standard InChI is InChI=1S/C28H33N7O/c29-23-14-17-35(18-15-23)28-33-26(30-16-4-5-20-10-12-24(36)13-11-20)32-27(34-28)31-19-22-8-3-7-21-6-1-2-9-25(21)22/h1-3,6-13,23,36H,4-5,14-19,29H2,(H2,30,31,32,33,34). The van der Waals surface area contributed by atoms with Crippen LogP contribution in [-0.4, -0.2) is 45.7 Å². The summed E-state index contributed by atoms with van der Waals surface area (Å²) in [5, 5.41) is 18.7. The van der Waals surface area contributed by atoms with Gasteiger partial charge in [0.1, 0.15) is 5.75 Å². The van der Waals surface area contributed by atoms with Crippen LogP contribution in [0.25, 0.3) is 10.8 Å². The highest BCUT2D eigenvalue weighted by molar-refractivity contribution is 5.85. The van der Waals surface area contributed by atoms with Gasteiger partial charge in [0.15, 0.2) is 0 Å². The number of aryl methyl sites for hydroxylation is 1. The molecule has 8 heteroatoms. The number of phenolic OH excluding ortho intramolecular Hbond substituents is 1. The number of aromatic hydroxyl groups is 1. The second kappa shape index (κ2) is 11.2. The van der Waals surface area contributed by atoms with Crippen LogP contribution in [0.1, 0.15) is 30.4 Å². The minimum Gasteiger partial charge on any atom is -0.508 e. The molecule has 0 radical (unpaired) electrons. The molecule has 0 saturated carbocycles. The second-order valence-electron chi connectivity index (χ2n) is 9.30. The summed E-state index contributed by atoms with van der Waals surface area (Å²) >= 11 is 0. The first kappa shape index (κ1) is 23.8. The zero-order valence-electron chi connectivity index (χ0n) is 20.4. The van der Waals surface area contributed by atoms with Crippen molar-refractivity contribution in [1.82, 2.24) is 15.0 Å². The molecule has 4 aromatic rings. The van der Waals surface area contributed by atoms with Crippen LogP contribution in [0.4, 0.5) is 17.8 Å². The molecule has 5 rings (SSSR count). The van der Waals surface area contributed by atoms with E-state index in [4.69, 9.17) is 15.7 Å². The highest BCUT2D eigenvalue weighted by Gasteiger charge is 2.20. The molecule has 0 spiro atoms. The Kier molecular flexibility index (Phi) is 7.42. The molecule has 0 aliphatic carbocycles. The number of nitrogens with zero attached hydrogens (tertiary/aromatic N) is 4. The van der Waals surface area contributed by atoms with Crippen LogP contribution < -0.4 is 21.3 Å². The fourth-order valence-electron chi connectivity index (χ4n) is 4.54. The number of nitrogens with one attached hydrogen (secondary N) is 2. The number of piperidine rings is 1. The summed E-state index contributed by atoms with van der Waals surface area (Å²) in [6, 6.07) is 22.3. The van der Waals surface area contributed by atoms with Crippen molar-refractivity contribution in [3.8, 4) is 5.75 Å². The Bertz CT molecular complexity index is 1280. The molecule has 1 aliphatic rings. The summed E-state index contributed by atoms with van der Waals surface area (Å²) < 4.78 is 0. The Morgan fingerprint density at radius 2 is 1.58 bits per heavy atom. The van der Waals surface area contributed by atoms with E-state index in [0.29, 0.717) is 24.4 Å². The van der Waals surface area contributed by atoms with E-state index in [1.165, 1.54) is 21.9 Å². The molecule has 1 fully saturated rings. The summed E-state index contributed by atoms with van der Waals surface area (Å²) in [4.78, 5) is 16.3. The third-order valence-electron chi connectivity index (χ3n) is 6.62. The fraction of sp³-hybridized carbons (Fsp3) is 0.321. The second-order valence-corrected chi connectivity index (χ2v) is 9.30. The number of nitrogens with two attached hydrogens (primary N) is 1. The van der Waals surface area contributed by atoms with Gasteiger partial charge in [-0.15, -0.1) is 0 Å². The van der Waals surface area contributed by atoms with Crippen molar-refractivity contribution < 1.29 is 5.11 Å². The highest BCUT2D eigenvalue weighted by Crippen LogP contribution is 2.21. The van der Waals surface area contributed by atoms with Crippen molar-refractivity contribution in [2.45, 2.75) is 38.3 Å². The van der Waals surface area contributed by atoms with Crippen molar-refractivity contribution in [3.05, 3.63) is 77.9 Å². The predicted octanol–water partition coefficient (Wildman–Crippen LogP) is 4.31. The zero-order valence-corrected chi connectivity index (χ0v) is 20.4. The van der Waals surface area contributed by atoms with E-state index in [-0.39, 0.29) is 11.8 Å². The summed E-state index contributed by atoms with van der Waals surface area (Å²) in [5.74, 6) is 2.10. The Balaban J connectivity index is 1.29. The van der Waals surface area contributed by atoms with Gasteiger partial charge in [-0.1, -0.05) is 54.6 Å². The van der Waals surface area contributed by atoms with Gasteiger partial charge in [-0.2, -0.15) is 15.0 Å². The first-order valence-electron chi connectivity index (χ1n) is 12.6. The number of anilines is 3. The number of fused-ring (bicyclic) bond motifs is 1. The first-order valence-corrected chi connectivity index (χ1v) is 12.6. The average Bonchev–Trinajstić information content (AvgIpc) is 2.91. The number of hydrogen-bond acceptors (Lipinski definition) is 8. The van der Waals surface area contributed by atoms with Crippen LogP contribution in [0, 0.1) is 0 Å². The van der Waals surface area contributed by atoms with Crippen LogP contribution in [0.5, 0.6) is 5.75 Å². The molecule has 186 valence electrons. The van der Waals surface area contributed by atoms with Crippen LogP contribution in [-0.2, 0) is 13.0 Å². The van der Waals surface area contributed by atoms with Gasteiger partial charge in [-0.3, -0.25) is 0 Å². The van der Waals surface area contributed by atoms with E-state index < -0.39 is 0 Å². The van der Waals surface area contributed by atoms with E-state index in [1.807, 2.05) is 12.1 Å². The topological polar surface area (TPSA) is 112 Å². The lowest BCUT2D eigenvalue weighted by Gasteiger charge is -2.30. The molecule has 0 unspecified atom stereocenters. The first-order chi connectivity index (χ1) is 17.6. The number of aromatic nitrogens is 3. The molecular weight excluding hydrogens is 450 g/mol. The Hall–Kier alpha value is -3.91. The van der Waals surface area contributed by atoms with E-state index >= 15 is 0 Å². The molecule has 1 aliphatic heterocycles. The van der Waals surface area contributed by atoms with Crippen LogP contribution in [0.2, 0.25) is 0 Å². The number of rotatable bonds is 9. The van der Waals surface area contributed by atoms with Crippen molar-refractivity contribution >= 4 is 28.6 Å². The average molecular weight is 484 g/mol. The lowest BCUT2D eigenvalue weighted by atomic mass is 10.0. The van der Waals surface area contributed by atoms with Gasteiger partial charge >= 0.3 is 0 Å². The van der Waals surface area contributed by atoms with Gasteiger partial charge < -0.3 is 26.4 Å².